The van der Waals surface area contributed by atoms with E-state index in [4.69, 9.17) is 0 Å². The molecule has 0 spiro atoms. The van der Waals surface area contributed by atoms with Crippen LogP contribution in [0.3, 0.4) is 0 Å². The first-order valence-electron chi connectivity index (χ1n) is 7.27. The van der Waals surface area contributed by atoms with Crippen molar-refractivity contribution in [3.63, 3.8) is 0 Å². The van der Waals surface area contributed by atoms with Crippen molar-refractivity contribution in [1.82, 2.24) is 5.32 Å². The minimum absolute atomic E-state index is 0.750. The van der Waals surface area contributed by atoms with Crippen LogP contribution in [0.4, 0.5) is 0 Å². The summed E-state index contributed by atoms with van der Waals surface area (Å²) in [6.07, 6.45) is 6.99. The molecule has 0 aromatic heterocycles. The summed E-state index contributed by atoms with van der Waals surface area (Å²) in [6.45, 7) is 9.56. The molecule has 0 radical (unpaired) electrons. The Balaban J connectivity index is 2.68. The molecule has 1 N–H and O–H groups in total. The van der Waals surface area contributed by atoms with Gasteiger partial charge < -0.3 is 5.32 Å². The van der Waals surface area contributed by atoms with Gasteiger partial charge in [-0.05, 0) is 50.0 Å². The summed E-state index contributed by atoms with van der Waals surface area (Å²) < 4.78 is 0. The molecule has 0 amide bonds. The molecule has 1 saturated carbocycles. The van der Waals surface area contributed by atoms with Crippen molar-refractivity contribution in [1.29, 1.82) is 0 Å². The van der Waals surface area contributed by atoms with Crippen molar-refractivity contribution in [2.24, 2.45) is 23.7 Å². The van der Waals surface area contributed by atoms with E-state index in [1.807, 2.05) is 0 Å². The summed E-state index contributed by atoms with van der Waals surface area (Å²) in [7, 11) is 2.15. The molecule has 4 unspecified atom stereocenters. The Bertz CT molecular complexity index is 188. The molecule has 0 heterocycles. The first-order valence-corrected chi connectivity index (χ1v) is 7.27. The summed E-state index contributed by atoms with van der Waals surface area (Å²) in [5.74, 6) is 3.65. The first kappa shape index (κ1) is 14.0. The highest BCUT2D eigenvalue weighted by molar-refractivity contribution is 4.87. The topological polar surface area (TPSA) is 12.0 Å². The van der Waals surface area contributed by atoms with Crippen LogP contribution in [-0.2, 0) is 0 Å². The van der Waals surface area contributed by atoms with Crippen LogP contribution >= 0.6 is 0 Å². The highest BCUT2D eigenvalue weighted by Gasteiger charge is 2.34. The number of rotatable bonds is 5. The normalized spacial score (nSPS) is 33.0. The zero-order valence-electron chi connectivity index (χ0n) is 11.9. The van der Waals surface area contributed by atoms with Gasteiger partial charge in [-0.3, -0.25) is 0 Å². The molecule has 0 aliphatic heterocycles. The lowest BCUT2D eigenvalue weighted by atomic mass is 9.67. The van der Waals surface area contributed by atoms with Gasteiger partial charge in [0.1, 0.15) is 0 Å². The van der Waals surface area contributed by atoms with Crippen LogP contribution in [-0.4, -0.2) is 13.1 Å². The highest BCUT2D eigenvalue weighted by Crippen LogP contribution is 2.40. The fraction of sp³-hybridized carbons (Fsp3) is 1.00. The van der Waals surface area contributed by atoms with Gasteiger partial charge in [0.05, 0.1) is 0 Å². The summed E-state index contributed by atoms with van der Waals surface area (Å²) in [5, 5.41) is 3.58. The van der Waals surface area contributed by atoms with Crippen LogP contribution in [0.25, 0.3) is 0 Å². The summed E-state index contributed by atoms with van der Waals surface area (Å²) >= 11 is 0. The van der Waals surface area contributed by atoms with Crippen molar-refractivity contribution in [3.8, 4) is 0 Å². The molecule has 1 aliphatic carbocycles. The van der Waals surface area contributed by atoms with Gasteiger partial charge in [-0.15, -0.1) is 0 Å². The Morgan fingerprint density at radius 2 is 1.88 bits per heavy atom. The molecule has 0 aromatic rings. The fourth-order valence-corrected chi connectivity index (χ4v) is 3.62. The predicted octanol–water partition coefficient (Wildman–Crippen LogP) is 4.08. The van der Waals surface area contributed by atoms with Gasteiger partial charge in [-0.2, -0.15) is 0 Å². The maximum absolute atomic E-state index is 3.58. The lowest BCUT2D eigenvalue weighted by molar-refractivity contribution is 0.107. The SMILES string of the molecule is CCCC(NC)C1CC(C)CCC1C(C)C. The molecule has 96 valence electrons. The molecular formula is C15H31N. The Morgan fingerprint density at radius 3 is 2.38 bits per heavy atom. The van der Waals surface area contributed by atoms with E-state index in [1.54, 1.807) is 0 Å². The van der Waals surface area contributed by atoms with Gasteiger partial charge in [0.15, 0.2) is 0 Å². The molecular weight excluding hydrogens is 194 g/mol. The first-order chi connectivity index (χ1) is 7.60. The van der Waals surface area contributed by atoms with E-state index in [-0.39, 0.29) is 0 Å². The lowest BCUT2D eigenvalue weighted by Crippen LogP contribution is -2.42. The number of hydrogen-bond donors (Lipinski definition) is 1. The molecule has 0 saturated heterocycles. The quantitative estimate of drug-likeness (QED) is 0.743. The van der Waals surface area contributed by atoms with Crippen LogP contribution in [0.15, 0.2) is 0 Å². The molecule has 1 aliphatic rings. The molecule has 1 heteroatoms. The second kappa shape index (κ2) is 6.64. The second-order valence-electron chi connectivity index (χ2n) is 6.17. The molecule has 0 bridgehead atoms. The van der Waals surface area contributed by atoms with Crippen molar-refractivity contribution >= 4 is 0 Å². The van der Waals surface area contributed by atoms with Crippen LogP contribution in [0.5, 0.6) is 0 Å². The third-order valence-electron chi connectivity index (χ3n) is 4.56. The minimum Gasteiger partial charge on any atom is -0.317 e. The summed E-state index contributed by atoms with van der Waals surface area (Å²) in [4.78, 5) is 0. The van der Waals surface area contributed by atoms with E-state index in [0.29, 0.717) is 0 Å². The summed E-state index contributed by atoms with van der Waals surface area (Å²) in [5.41, 5.74) is 0. The van der Waals surface area contributed by atoms with Crippen molar-refractivity contribution < 1.29 is 0 Å². The van der Waals surface area contributed by atoms with Crippen LogP contribution in [0, 0.1) is 23.7 Å². The van der Waals surface area contributed by atoms with Gasteiger partial charge in [0.2, 0.25) is 0 Å². The summed E-state index contributed by atoms with van der Waals surface area (Å²) in [6, 6.07) is 0.750. The average Bonchev–Trinajstić information content (AvgIpc) is 2.25. The van der Waals surface area contributed by atoms with Crippen LogP contribution in [0.2, 0.25) is 0 Å². The molecule has 16 heavy (non-hydrogen) atoms. The zero-order chi connectivity index (χ0) is 12.1. The van der Waals surface area contributed by atoms with Gasteiger partial charge in [0, 0.05) is 6.04 Å². The molecule has 1 rings (SSSR count). The van der Waals surface area contributed by atoms with Gasteiger partial charge in [0.25, 0.3) is 0 Å². The Hall–Kier alpha value is -0.0400. The third kappa shape index (κ3) is 3.48. The molecule has 0 aromatic carbocycles. The third-order valence-corrected chi connectivity index (χ3v) is 4.56. The largest absolute Gasteiger partial charge is 0.317 e. The van der Waals surface area contributed by atoms with Crippen molar-refractivity contribution in [3.05, 3.63) is 0 Å². The van der Waals surface area contributed by atoms with Gasteiger partial charge in [-0.1, -0.05) is 40.5 Å². The van der Waals surface area contributed by atoms with E-state index < -0.39 is 0 Å². The standard InChI is InChI=1S/C15H31N/c1-6-7-15(16-5)14-10-12(4)8-9-13(14)11(2)3/h11-16H,6-10H2,1-5H3. The van der Waals surface area contributed by atoms with Gasteiger partial charge in [-0.25, -0.2) is 0 Å². The van der Waals surface area contributed by atoms with E-state index in [1.165, 1.54) is 32.1 Å². The van der Waals surface area contributed by atoms with E-state index >= 15 is 0 Å². The van der Waals surface area contributed by atoms with Crippen molar-refractivity contribution in [2.45, 2.75) is 65.8 Å². The lowest BCUT2D eigenvalue weighted by Gasteiger charge is -2.41. The Kier molecular flexibility index (Phi) is 5.82. The van der Waals surface area contributed by atoms with E-state index in [9.17, 15) is 0 Å². The zero-order valence-corrected chi connectivity index (χ0v) is 11.9. The number of nitrogens with one attached hydrogen (secondary N) is 1. The molecule has 1 fully saturated rings. The smallest absolute Gasteiger partial charge is 0.00950 e. The minimum atomic E-state index is 0.750. The van der Waals surface area contributed by atoms with Crippen molar-refractivity contribution in [2.75, 3.05) is 7.05 Å². The van der Waals surface area contributed by atoms with Crippen LogP contribution in [0.1, 0.15) is 59.8 Å². The fourth-order valence-electron chi connectivity index (χ4n) is 3.62. The monoisotopic (exact) mass is 225 g/mol. The predicted molar refractivity (Wildman–Crippen MR) is 72.6 cm³/mol. The van der Waals surface area contributed by atoms with Gasteiger partial charge >= 0.3 is 0 Å². The Morgan fingerprint density at radius 1 is 1.19 bits per heavy atom. The highest BCUT2D eigenvalue weighted by atomic mass is 14.9. The molecule has 4 atom stereocenters. The molecule has 1 nitrogen and oxygen atoms in total. The van der Waals surface area contributed by atoms with E-state index in [2.05, 4.69) is 40.1 Å². The van der Waals surface area contributed by atoms with Crippen LogP contribution < -0.4 is 5.32 Å². The Labute approximate surface area is 102 Å². The maximum atomic E-state index is 3.58. The van der Waals surface area contributed by atoms with E-state index in [0.717, 1.165) is 29.7 Å². The average molecular weight is 225 g/mol. The maximum Gasteiger partial charge on any atom is 0.00950 e. The second-order valence-corrected chi connectivity index (χ2v) is 6.17. The number of hydrogen-bond acceptors (Lipinski definition) is 1.